The molecule has 0 aromatic rings. The van der Waals surface area contributed by atoms with Gasteiger partial charge in [-0.3, -0.25) is 0 Å². The molecular weight excluding hydrogens is 228 g/mol. The van der Waals surface area contributed by atoms with Crippen LogP contribution in [0.15, 0.2) is 24.9 Å². The quantitative estimate of drug-likeness (QED) is 0.533. The minimum atomic E-state index is -1.61. The summed E-state index contributed by atoms with van der Waals surface area (Å²) in [5, 5.41) is 0. The number of hydrogen-bond acceptors (Lipinski definition) is 1. The Balaban J connectivity index is 3.25. The largest absolute Gasteiger partial charge is 0.414 e. The van der Waals surface area contributed by atoms with Crippen molar-refractivity contribution in [2.75, 3.05) is 0 Å². The fourth-order valence-corrected chi connectivity index (χ4v) is 12.9. The molecule has 0 bridgehead atoms. The molecule has 0 aromatic carbocycles. The summed E-state index contributed by atoms with van der Waals surface area (Å²) in [5.41, 5.74) is 2.21. The van der Waals surface area contributed by atoms with E-state index in [1.807, 2.05) is 0 Å². The molecule has 2 unspecified atom stereocenters. The second kappa shape index (κ2) is 3.68. The van der Waals surface area contributed by atoms with Gasteiger partial charge in [-0.05, 0) is 33.0 Å². The van der Waals surface area contributed by atoms with E-state index in [-0.39, 0.29) is 11.0 Å². The fraction of sp³-hybridized carbons (Fsp3) is 0.692. The van der Waals surface area contributed by atoms with Gasteiger partial charge in [0.25, 0.3) is 0 Å². The lowest BCUT2D eigenvalue weighted by atomic mass is 9.77. The van der Waals surface area contributed by atoms with Gasteiger partial charge >= 0.3 is 0 Å². The van der Waals surface area contributed by atoms with Crippen LogP contribution in [0.3, 0.4) is 0 Å². The summed E-state index contributed by atoms with van der Waals surface area (Å²) in [7, 11) is -3.09. The molecule has 16 heavy (non-hydrogen) atoms. The molecular formula is C13H26OSi2. The van der Waals surface area contributed by atoms with Gasteiger partial charge in [0.1, 0.15) is 0 Å². The van der Waals surface area contributed by atoms with E-state index in [2.05, 4.69) is 65.3 Å². The van der Waals surface area contributed by atoms with Crippen LogP contribution >= 0.6 is 0 Å². The number of rotatable bonds is 2. The van der Waals surface area contributed by atoms with E-state index in [9.17, 15) is 0 Å². The highest BCUT2D eigenvalue weighted by Gasteiger charge is 2.59. The van der Waals surface area contributed by atoms with Gasteiger partial charge in [-0.15, -0.1) is 18.9 Å². The highest BCUT2D eigenvalue weighted by atomic mass is 29.3. The predicted molar refractivity (Wildman–Crippen MR) is 77.6 cm³/mol. The van der Waals surface area contributed by atoms with Crippen LogP contribution in [-0.4, -0.2) is 21.0 Å². The number of hydrogen-bond donors (Lipinski definition) is 0. The van der Waals surface area contributed by atoms with Crippen LogP contribution in [0.1, 0.15) is 20.8 Å². The smallest absolute Gasteiger partial charge is 0.179 e. The van der Waals surface area contributed by atoms with E-state index in [1.165, 1.54) is 6.04 Å². The lowest BCUT2D eigenvalue weighted by molar-refractivity contribution is 0.00513. The summed E-state index contributed by atoms with van der Waals surface area (Å²) in [5.74, 6) is 0. The Labute approximate surface area is 103 Å². The van der Waals surface area contributed by atoms with Crippen LogP contribution in [0.25, 0.3) is 0 Å². The Bertz CT molecular complexity index is 292. The first kappa shape index (κ1) is 13.9. The molecule has 1 saturated heterocycles. The first-order chi connectivity index (χ1) is 7.04. The van der Waals surface area contributed by atoms with Crippen molar-refractivity contribution in [2.24, 2.45) is 5.41 Å². The summed E-state index contributed by atoms with van der Waals surface area (Å²) in [6.45, 7) is 21.9. The minimum Gasteiger partial charge on any atom is -0.414 e. The summed E-state index contributed by atoms with van der Waals surface area (Å²) in [6, 6.07) is 1.22. The van der Waals surface area contributed by atoms with E-state index < -0.39 is 15.4 Å². The van der Waals surface area contributed by atoms with Gasteiger partial charge in [0.15, 0.2) is 7.83 Å². The van der Waals surface area contributed by atoms with Gasteiger partial charge in [-0.2, -0.15) is 0 Å². The van der Waals surface area contributed by atoms with Crippen LogP contribution < -0.4 is 0 Å². The van der Waals surface area contributed by atoms with E-state index in [0.29, 0.717) is 0 Å². The molecule has 1 nitrogen and oxygen atoms in total. The fourth-order valence-electron chi connectivity index (χ4n) is 2.70. The van der Waals surface area contributed by atoms with Crippen molar-refractivity contribution in [3.05, 3.63) is 24.9 Å². The SMILES string of the molecule is C=CC1(C)C[Si](C)(C=C)[Si](C)(C)OC1(C)C. The van der Waals surface area contributed by atoms with E-state index >= 15 is 0 Å². The Morgan fingerprint density at radius 3 is 2.00 bits per heavy atom. The topological polar surface area (TPSA) is 9.23 Å². The molecule has 0 saturated carbocycles. The average Bonchev–Trinajstić information content (AvgIpc) is 2.13. The zero-order valence-corrected chi connectivity index (χ0v) is 13.7. The van der Waals surface area contributed by atoms with Crippen LogP contribution in [0, 0.1) is 5.41 Å². The van der Waals surface area contributed by atoms with Crippen LogP contribution in [0.2, 0.25) is 25.7 Å². The average molecular weight is 255 g/mol. The summed E-state index contributed by atoms with van der Waals surface area (Å²) in [4.78, 5) is 0. The maximum Gasteiger partial charge on any atom is 0.179 e. The van der Waals surface area contributed by atoms with Crippen LogP contribution in [-0.2, 0) is 4.43 Å². The maximum atomic E-state index is 6.53. The highest BCUT2D eigenvalue weighted by molar-refractivity contribution is 7.41. The van der Waals surface area contributed by atoms with Crippen molar-refractivity contribution in [3.63, 3.8) is 0 Å². The molecule has 0 N–H and O–H groups in total. The molecule has 92 valence electrons. The Morgan fingerprint density at radius 2 is 1.62 bits per heavy atom. The summed E-state index contributed by atoms with van der Waals surface area (Å²) < 4.78 is 6.53. The molecule has 0 amide bonds. The zero-order valence-electron chi connectivity index (χ0n) is 11.7. The highest BCUT2D eigenvalue weighted by Crippen LogP contribution is 2.51. The monoisotopic (exact) mass is 254 g/mol. The van der Waals surface area contributed by atoms with Gasteiger partial charge in [0, 0.05) is 5.41 Å². The minimum absolute atomic E-state index is 0.0741. The van der Waals surface area contributed by atoms with E-state index in [4.69, 9.17) is 4.43 Å². The molecule has 1 aliphatic rings. The first-order valence-corrected chi connectivity index (χ1v) is 12.7. The second-order valence-electron chi connectivity index (χ2n) is 6.54. The molecule has 0 aliphatic carbocycles. The molecule has 1 heterocycles. The second-order valence-corrected chi connectivity index (χ2v) is 20.4. The third-order valence-electron chi connectivity index (χ3n) is 4.90. The first-order valence-electron chi connectivity index (χ1n) is 6.01. The molecule has 0 radical (unpaired) electrons. The maximum absolute atomic E-state index is 6.53. The molecule has 1 aliphatic heterocycles. The Hall–Kier alpha value is -0.126. The van der Waals surface area contributed by atoms with Gasteiger partial charge in [-0.25, -0.2) is 0 Å². The van der Waals surface area contributed by atoms with Crippen LogP contribution in [0.4, 0.5) is 0 Å². The molecule has 2 atom stereocenters. The lowest BCUT2D eigenvalue weighted by Crippen LogP contribution is -2.70. The van der Waals surface area contributed by atoms with Gasteiger partial charge < -0.3 is 4.43 Å². The Morgan fingerprint density at radius 1 is 1.12 bits per heavy atom. The van der Waals surface area contributed by atoms with Gasteiger partial charge in [-0.1, -0.05) is 19.5 Å². The van der Waals surface area contributed by atoms with Gasteiger partial charge in [0.2, 0.25) is 0 Å². The summed E-state index contributed by atoms with van der Waals surface area (Å²) in [6.07, 6.45) is 2.09. The molecule has 3 heteroatoms. The lowest BCUT2D eigenvalue weighted by Gasteiger charge is -2.58. The van der Waals surface area contributed by atoms with Crippen molar-refractivity contribution in [1.29, 1.82) is 0 Å². The third kappa shape index (κ3) is 1.79. The predicted octanol–water partition coefficient (Wildman–Crippen LogP) is 4.07. The third-order valence-corrected chi connectivity index (χ3v) is 20.7. The van der Waals surface area contributed by atoms with Crippen molar-refractivity contribution < 1.29 is 4.43 Å². The van der Waals surface area contributed by atoms with Gasteiger partial charge in [0.05, 0.1) is 13.2 Å². The standard InChI is InChI=1S/C13H26OSi2/c1-9-13(5)11-16(8,10-2)15(6,7)14-12(13,3)4/h9-10H,1-2,11H2,3-8H3. The molecule has 0 aromatic heterocycles. The molecule has 0 spiro atoms. The molecule has 1 rings (SSSR count). The van der Waals surface area contributed by atoms with Crippen molar-refractivity contribution >= 4 is 15.4 Å². The van der Waals surface area contributed by atoms with E-state index in [0.717, 1.165) is 0 Å². The van der Waals surface area contributed by atoms with E-state index in [1.54, 1.807) is 0 Å². The normalized spacial score (nSPS) is 41.4. The summed E-state index contributed by atoms with van der Waals surface area (Å²) >= 11 is 0. The van der Waals surface area contributed by atoms with Crippen molar-refractivity contribution in [3.8, 4) is 0 Å². The van der Waals surface area contributed by atoms with Crippen LogP contribution in [0.5, 0.6) is 0 Å². The van der Waals surface area contributed by atoms with Crippen molar-refractivity contribution in [2.45, 2.75) is 52.1 Å². The Kier molecular flexibility index (Phi) is 3.21. The van der Waals surface area contributed by atoms with Crippen molar-refractivity contribution in [1.82, 2.24) is 0 Å². The molecule has 1 fully saturated rings. The zero-order chi connectivity index (χ0) is 12.8.